The third-order valence-electron chi connectivity index (χ3n) is 3.03. The number of hydrogen-bond donors (Lipinski definition) is 1. The van der Waals surface area contributed by atoms with E-state index in [1.54, 1.807) is 12.5 Å². The molecule has 2 aromatic rings. The second-order valence-electron chi connectivity index (χ2n) is 5.67. The Morgan fingerprint density at radius 1 is 1.43 bits per heavy atom. The SMILES string of the molecule is CCCn1cc(OCc2cc(CNCC(C)C)co2)cn1. The minimum Gasteiger partial charge on any atom is -0.482 e. The molecule has 1 N–H and O–H groups in total. The maximum Gasteiger partial charge on any atom is 0.157 e. The second-order valence-corrected chi connectivity index (χ2v) is 5.67. The van der Waals surface area contributed by atoms with Crippen LogP contribution >= 0.6 is 0 Å². The molecule has 0 bridgehead atoms. The van der Waals surface area contributed by atoms with E-state index in [2.05, 4.69) is 31.2 Å². The van der Waals surface area contributed by atoms with Crippen molar-refractivity contribution in [1.29, 1.82) is 0 Å². The first-order chi connectivity index (χ1) is 10.2. The Labute approximate surface area is 126 Å². The fraction of sp³-hybridized carbons (Fsp3) is 0.562. The summed E-state index contributed by atoms with van der Waals surface area (Å²) in [6.45, 7) is 9.70. The molecule has 0 radical (unpaired) electrons. The molecule has 0 unspecified atom stereocenters. The molecular formula is C16H25N3O2. The van der Waals surface area contributed by atoms with Crippen LogP contribution in [-0.4, -0.2) is 16.3 Å². The zero-order valence-electron chi connectivity index (χ0n) is 13.1. The number of nitrogens with one attached hydrogen (secondary N) is 1. The number of rotatable bonds is 9. The first kappa shape index (κ1) is 15.6. The van der Waals surface area contributed by atoms with Crippen LogP contribution in [0.3, 0.4) is 0 Å². The Morgan fingerprint density at radius 3 is 3.05 bits per heavy atom. The lowest BCUT2D eigenvalue weighted by atomic mass is 10.2. The van der Waals surface area contributed by atoms with Gasteiger partial charge in [-0.2, -0.15) is 5.10 Å². The second kappa shape index (κ2) is 7.88. The summed E-state index contributed by atoms with van der Waals surface area (Å²) >= 11 is 0. The molecule has 2 heterocycles. The molecule has 5 heteroatoms. The quantitative estimate of drug-likeness (QED) is 0.771. The number of furan rings is 1. The monoisotopic (exact) mass is 291 g/mol. The van der Waals surface area contributed by atoms with Crippen LogP contribution in [0.5, 0.6) is 5.75 Å². The van der Waals surface area contributed by atoms with E-state index in [-0.39, 0.29) is 0 Å². The molecule has 0 aromatic carbocycles. The van der Waals surface area contributed by atoms with E-state index in [1.165, 1.54) is 0 Å². The normalized spacial score (nSPS) is 11.2. The van der Waals surface area contributed by atoms with Crippen LogP contribution in [-0.2, 0) is 19.7 Å². The van der Waals surface area contributed by atoms with Gasteiger partial charge in [0.25, 0.3) is 0 Å². The van der Waals surface area contributed by atoms with Gasteiger partial charge in [-0.3, -0.25) is 4.68 Å². The molecule has 5 nitrogen and oxygen atoms in total. The van der Waals surface area contributed by atoms with Gasteiger partial charge in [0.1, 0.15) is 12.4 Å². The molecule has 0 fully saturated rings. The number of ether oxygens (including phenoxy) is 1. The Bertz CT molecular complexity index is 531. The molecule has 0 aliphatic rings. The van der Waals surface area contributed by atoms with Crippen LogP contribution in [0.1, 0.15) is 38.5 Å². The summed E-state index contributed by atoms with van der Waals surface area (Å²) in [4.78, 5) is 0. The summed E-state index contributed by atoms with van der Waals surface area (Å²) in [5.41, 5.74) is 1.15. The molecule has 21 heavy (non-hydrogen) atoms. The lowest BCUT2D eigenvalue weighted by Crippen LogP contribution is -2.18. The zero-order chi connectivity index (χ0) is 15.1. The summed E-state index contributed by atoms with van der Waals surface area (Å²) in [7, 11) is 0. The van der Waals surface area contributed by atoms with Crippen LogP contribution in [0.2, 0.25) is 0 Å². The van der Waals surface area contributed by atoms with Gasteiger partial charge in [0.2, 0.25) is 0 Å². The Balaban J connectivity index is 1.76. The van der Waals surface area contributed by atoms with Gasteiger partial charge in [-0.05, 0) is 24.9 Å². The zero-order valence-corrected chi connectivity index (χ0v) is 13.1. The molecule has 2 rings (SSSR count). The molecular weight excluding hydrogens is 266 g/mol. The summed E-state index contributed by atoms with van der Waals surface area (Å²) < 4.78 is 13.1. The van der Waals surface area contributed by atoms with Crippen LogP contribution in [0, 0.1) is 5.92 Å². The third-order valence-corrected chi connectivity index (χ3v) is 3.03. The molecule has 2 aromatic heterocycles. The first-order valence-electron chi connectivity index (χ1n) is 7.59. The molecule has 0 spiro atoms. The van der Waals surface area contributed by atoms with Crippen molar-refractivity contribution in [3.63, 3.8) is 0 Å². The molecule has 0 saturated heterocycles. The van der Waals surface area contributed by atoms with E-state index in [0.29, 0.717) is 12.5 Å². The maximum atomic E-state index is 5.68. The van der Waals surface area contributed by atoms with Gasteiger partial charge in [0.15, 0.2) is 5.75 Å². The van der Waals surface area contributed by atoms with Gasteiger partial charge in [0.05, 0.1) is 18.7 Å². The highest BCUT2D eigenvalue weighted by atomic mass is 16.5. The highest BCUT2D eigenvalue weighted by molar-refractivity contribution is 5.15. The standard InChI is InChI=1S/C16H25N3O2/c1-4-5-19-10-16(9-18-19)21-12-15-6-14(11-20-15)8-17-7-13(2)3/h6,9-11,13,17H,4-5,7-8,12H2,1-3H3. The van der Waals surface area contributed by atoms with Gasteiger partial charge in [-0.1, -0.05) is 20.8 Å². The summed E-state index contributed by atoms with van der Waals surface area (Å²) in [5.74, 6) is 2.26. The van der Waals surface area contributed by atoms with Crippen molar-refractivity contribution in [2.24, 2.45) is 5.92 Å². The summed E-state index contributed by atoms with van der Waals surface area (Å²) in [6, 6.07) is 2.03. The predicted molar refractivity (Wildman–Crippen MR) is 82.1 cm³/mol. The molecule has 0 amide bonds. The molecule has 0 aliphatic carbocycles. The van der Waals surface area contributed by atoms with Crippen molar-refractivity contribution >= 4 is 0 Å². The maximum absolute atomic E-state index is 5.68. The van der Waals surface area contributed by atoms with Crippen molar-refractivity contribution in [2.75, 3.05) is 6.54 Å². The lowest BCUT2D eigenvalue weighted by Gasteiger charge is -2.04. The van der Waals surface area contributed by atoms with Crippen molar-refractivity contribution in [1.82, 2.24) is 15.1 Å². The topological polar surface area (TPSA) is 52.2 Å². The average Bonchev–Trinajstić information content (AvgIpc) is 3.06. The highest BCUT2D eigenvalue weighted by Gasteiger charge is 2.05. The first-order valence-corrected chi connectivity index (χ1v) is 7.59. The number of aromatic nitrogens is 2. The number of hydrogen-bond acceptors (Lipinski definition) is 4. The minimum absolute atomic E-state index is 0.433. The van der Waals surface area contributed by atoms with E-state index in [4.69, 9.17) is 9.15 Å². The largest absolute Gasteiger partial charge is 0.482 e. The predicted octanol–water partition coefficient (Wildman–Crippen LogP) is 3.21. The fourth-order valence-corrected chi connectivity index (χ4v) is 2.02. The highest BCUT2D eigenvalue weighted by Crippen LogP contribution is 2.14. The van der Waals surface area contributed by atoms with Crippen molar-refractivity contribution < 1.29 is 9.15 Å². The Hall–Kier alpha value is -1.75. The molecule has 0 atom stereocenters. The van der Waals surface area contributed by atoms with E-state index < -0.39 is 0 Å². The third kappa shape index (κ3) is 5.27. The van der Waals surface area contributed by atoms with E-state index >= 15 is 0 Å². The minimum atomic E-state index is 0.433. The lowest BCUT2D eigenvalue weighted by molar-refractivity contribution is 0.270. The van der Waals surface area contributed by atoms with Gasteiger partial charge in [-0.15, -0.1) is 0 Å². The van der Waals surface area contributed by atoms with Gasteiger partial charge < -0.3 is 14.5 Å². The van der Waals surface area contributed by atoms with Crippen LogP contribution in [0.25, 0.3) is 0 Å². The molecule has 0 saturated carbocycles. The Morgan fingerprint density at radius 2 is 2.29 bits per heavy atom. The number of aryl methyl sites for hydroxylation is 1. The molecule has 116 valence electrons. The fourth-order valence-electron chi connectivity index (χ4n) is 2.02. The van der Waals surface area contributed by atoms with Crippen LogP contribution < -0.4 is 10.1 Å². The van der Waals surface area contributed by atoms with Crippen molar-refractivity contribution in [3.8, 4) is 5.75 Å². The summed E-state index contributed by atoms with van der Waals surface area (Å²) in [5, 5.41) is 7.62. The molecule has 0 aliphatic heterocycles. The van der Waals surface area contributed by atoms with E-state index in [9.17, 15) is 0 Å². The van der Waals surface area contributed by atoms with Crippen LogP contribution in [0.15, 0.2) is 29.1 Å². The van der Waals surface area contributed by atoms with E-state index in [1.807, 2.05) is 16.9 Å². The van der Waals surface area contributed by atoms with Gasteiger partial charge in [0, 0.05) is 18.7 Å². The van der Waals surface area contributed by atoms with Crippen molar-refractivity contribution in [2.45, 2.75) is 46.9 Å². The van der Waals surface area contributed by atoms with E-state index in [0.717, 1.165) is 43.1 Å². The van der Waals surface area contributed by atoms with Crippen molar-refractivity contribution in [3.05, 3.63) is 36.0 Å². The van der Waals surface area contributed by atoms with Crippen LogP contribution in [0.4, 0.5) is 0 Å². The smallest absolute Gasteiger partial charge is 0.157 e. The summed E-state index contributed by atoms with van der Waals surface area (Å²) in [6.07, 6.45) is 6.50. The number of nitrogens with zero attached hydrogens (tertiary/aromatic N) is 2. The Kier molecular flexibility index (Phi) is 5.87. The van der Waals surface area contributed by atoms with Gasteiger partial charge >= 0.3 is 0 Å². The average molecular weight is 291 g/mol. The van der Waals surface area contributed by atoms with Gasteiger partial charge in [-0.25, -0.2) is 0 Å².